The van der Waals surface area contributed by atoms with Gasteiger partial charge in [-0.15, -0.1) is 0 Å². The molecule has 82 valence electrons. The predicted molar refractivity (Wildman–Crippen MR) is 60.2 cm³/mol. The van der Waals surface area contributed by atoms with Crippen molar-refractivity contribution in [2.75, 3.05) is 19.6 Å². The van der Waals surface area contributed by atoms with Gasteiger partial charge in [-0.05, 0) is 38.8 Å². The molecule has 2 heteroatoms. The molecule has 2 aliphatic rings. The summed E-state index contributed by atoms with van der Waals surface area (Å²) < 4.78 is 0. The van der Waals surface area contributed by atoms with E-state index in [9.17, 15) is 0 Å². The van der Waals surface area contributed by atoms with Crippen LogP contribution in [0.4, 0.5) is 0 Å². The van der Waals surface area contributed by atoms with E-state index in [1.807, 2.05) is 0 Å². The van der Waals surface area contributed by atoms with Crippen molar-refractivity contribution in [3.63, 3.8) is 0 Å². The normalized spacial score (nSPS) is 28.7. The average Bonchev–Trinajstić information content (AvgIpc) is 2.53. The van der Waals surface area contributed by atoms with Gasteiger partial charge >= 0.3 is 0 Å². The van der Waals surface area contributed by atoms with Gasteiger partial charge in [-0.2, -0.15) is 0 Å². The van der Waals surface area contributed by atoms with E-state index in [1.165, 1.54) is 51.6 Å². The van der Waals surface area contributed by atoms with Crippen LogP contribution in [0.25, 0.3) is 0 Å². The molecule has 2 rings (SSSR count). The molecule has 1 aliphatic heterocycles. The number of nitrogens with two attached hydrogens (primary N) is 1. The lowest BCUT2D eigenvalue weighted by Gasteiger charge is -2.47. The number of rotatable bonds is 4. The fraction of sp³-hybridized carbons (Fsp3) is 1.00. The van der Waals surface area contributed by atoms with Crippen molar-refractivity contribution < 1.29 is 0 Å². The highest BCUT2D eigenvalue weighted by Gasteiger charge is 2.36. The van der Waals surface area contributed by atoms with Gasteiger partial charge in [0, 0.05) is 12.1 Å². The molecule has 0 aromatic rings. The Morgan fingerprint density at radius 3 is 2.29 bits per heavy atom. The molecule has 0 aromatic heterocycles. The quantitative estimate of drug-likeness (QED) is 0.745. The standard InChI is InChI=1S/C12H24N2/c1-12(10-13,14-7-4-8-14)9-11-5-2-3-6-11/h11H,2-10,13H2,1H3. The number of nitrogens with zero attached hydrogens (tertiary/aromatic N) is 1. The first-order valence-corrected chi connectivity index (χ1v) is 6.20. The third-order valence-electron chi connectivity index (χ3n) is 4.26. The van der Waals surface area contributed by atoms with Gasteiger partial charge in [0.15, 0.2) is 0 Å². The van der Waals surface area contributed by atoms with E-state index in [0.29, 0.717) is 5.54 Å². The second kappa shape index (κ2) is 4.19. The molecular formula is C12H24N2. The monoisotopic (exact) mass is 196 g/mol. The molecule has 0 amide bonds. The SMILES string of the molecule is CC(CN)(CC1CCCC1)N1CCC1. The second-order valence-electron chi connectivity index (χ2n) is 5.40. The van der Waals surface area contributed by atoms with E-state index in [1.54, 1.807) is 0 Å². The summed E-state index contributed by atoms with van der Waals surface area (Å²) in [6, 6.07) is 0. The third kappa shape index (κ3) is 1.96. The maximum Gasteiger partial charge on any atom is 0.0306 e. The molecule has 1 heterocycles. The summed E-state index contributed by atoms with van der Waals surface area (Å²) in [6.45, 7) is 5.76. The van der Waals surface area contributed by atoms with E-state index < -0.39 is 0 Å². The van der Waals surface area contributed by atoms with Crippen molar-refractivity contribution in [1.82, 2.24) is 4.90 Å². The fourth-order valence-corrected chi connectivity index (χ4v) is 3.03. The Bertz CT molecular complexity index is 183. The maximum absolute atomic E-state index is 5.95. The van der Waals surface area contributed by atoms with Crippen molar-refractivity contribution >= 4 is 0 Å². The Hall–Kier alpha value is -0.0800. The molecule has 14 heavy (non-hydrogen) atoms. The lowest BCUT2D eigenvalue weighted by molar-refractivity contribution is 0.0300. The van der Waals surface area contributed by atoms with E-state index in [4.69, 9.17) is 5.73 Å². The van der Waals surface area contributed by atoms with Crippen LogP contribution in [-0.2, 0) is 0 Å². The Morgan fingerprint density at radius 2 is 1.86 bits per heavy atom. The molecule has 0 radical (unpaired) electrons. The average molecular weight is 196 g/mol. The number of hydrogen-bond acceptors (Lipinski definition) is 2. The summed E-state index contributed by atoms with van der Waals surface area (Å²) in [5.74, 6) is 0.962. The van der Waals surface area contributed by atoms with Crippen molar-refractivity contribution in [2.24, 2.45) is 11.7 Å². The van der Waals surface area contributed by atoms with Crippen LogP contribution >= 0.6 is 0 Å². The molecule has 0 bridgehead atoms. The molecule has 2 N–H and O–H groups in total. The van der Waals surface area contributed by atoms with Crippen LogP contribution in [0.5, 0.6) is 0 Å². The summed E-state index contributed by atoms with van der Waals surface area (Å²) >= 11 is 0. The molecule has 1 unspecified atom stereocenters. The van der Waals surface area contributed by atoms with Crippen molar-refractivity contribution in [1.29, 1.82) is 0 Å². The molecule has 2 nitrogen and oxygen atoms in total. The van der Waals surface area contributed by atoms with Crippen LogP contribution < -0.4 is 5.73 Å². The zero-order valence-corrected chi connectivity index (χ0v) is 9.47. The molecular weight excluding hydrogens is 172 g/mol. The first kappa shape index (κ1) is 10.4. The summed E-state index contributed by atoms with van der Waals surface area (Å²) in [6.07, 6.45) is 8.51. The van der Waals surface area contributed by atoms with Gasteiger partial charge in [0.05, 0.1) is 0 Å². The van der Waals surface area contributed by atoms with Gasteiger partial charge in [-0.25, -0.2) is 0 Å². The summed E-state index contributed by atoms with van der Waals surface area (Å²) in [4.78, 5) is 2.59. The first-order chi connectivity index (χ1) is 6.74. The van der Waals surface area contributed by atoms with Gasteiger partial charge in [-0.1, -0.05) is 25.7 Å². The second-order valence-corrected chi connectivity index (χ2v) is 5.40. The van der Waals surface area contributed by atoms with Crippen molar-refractivity contribution in [3.05, 3.63) is 0 Å². The zero-order valence-electron chi connectivity index (χ0n) is 9.47. The van der Waals surface area contributed by atoms with E-state index >= 15 is 0 Å². The number of likely N-dealkylation sites (tertiary alicyclic amines) is 1. The smallest absolute Gasteiger partial charge is 0.0306 e. The zero-order chi connectivity index (χ0) is 10.0. The Balaban J connectivity index is 1.89. The molecule has 0 aromatic carbocycles. The highest BCUT2D eigenvalue weighted by molar-refractivity contribution is 4.93. The molecule has 1 saturated heterocycles. The van der Waals surface area contributed by atoms with Crippen LogP contribution in [-0.4, -0.2) is 30.1 Å². The Labute approximate surface area is 87.8 Å². The minimum atomic E-state index is 0.313. The Kier molecular flexibility index (Phi) is 3.13. The van der Waals surface area contributed by atoms with Gasteiger partial charge in [0.1, 0.15) is 0 Å². The Morgan fingerprint density at radius 1 is 1.21 bits per heavy atom. The molecule has 2 fully saturated rings. The van der Waals surface area contributed by atoms with Gasteiger partial charge in [0.25, 0.3) is 0 Å². The van der Waals surface area contributed by atoms with Crippen LogP contribution in [0, 0.1) is 5.92 Å². The van der Waals surface area contributed by atoms with E-state index in [-0.39, 0.29) is 0 Å². The molecule has 1 aliphatic carbocycles. The van der Waals surface area contributed by atoms with Crippen LogP contribution in [0.3, 0.4) is 0 Å². The van der Waals surface area contributed by atoms with Crippen molar-refractivity contribution in [3.8, 4) is 0 Å². The summed E-state index contributed by atoms with van der Waals surface area (Å²) in [5.41, 5.74) is 6.27. The van der Waals surface area contributed by atoms with E-state index in [2.05, 4.69) is 11.8 Å². The first-order valence-electron chi connectivity index (χ1n) is 6.20. The predicted octanol–water partition coefficient (Wildman–Crippen LogP) is 1.99. The lowest BCUT2D eigenvalue weighted by Crippen LogP contribution is -2.58. The largest absolute Gasteiger partial charge is 0.329 e. The molecule has 0 spiro atoms. The summed E-state index contributed by atoms with van der Waals surface area (Å²) in [5, 5.41) is 0. The third-order valence-corrected chi connectivity index (χ3v) is 4.26. The topological polar surface area (TPSA) is 29.3 Å². The highest BCUT2D eigenvalue weighted by atomic mass is 15.2. The maximum atomic E-state index is 5.95. The lowest BCUT2D eigenvalue weighted by atomic mass is 9.84. The summed E-state index contributed by atoms with van der Waals surface area (Å²) in [7, 11) is 0. The van der Waals surface area contributed by atoms with Gasteiger partial charge < -0.3 is 5.73 Å². The van der Waals surface area contributed by atoms with Gasteiger partial charge in [0.2, 0.25) is 0 Å². The van der Waals surface area contributed by atoms with E-state index in [0.717, 1.165) is 12.5 Å². The molecule has 1 saturated carbocycles. The van der Waals surface area contributed by atoms with Crippen molar-refractivity contribution in [2.45, 2.75) is 51.0 Å². The minimum absolute atomic E-state index is 0.313. The van der Waals surface area contributed by atoms with Gasteiger partial charge in [-0.3, -0.25) is 4.90 Å². The van der Waals surface area contributed by atoms with Crippen LogP contribution in [0.15, 0.2) is 0 Å². The fourth-order valence-electron chi connectivity index (χ4n) is 3.03. The number of hydrogen-bond donors (Lipinski definition) is 1. The minimum Gasteiger partial charge on any atom is -0.329 e. The highest BCUT2D eigenvalue weighted by Crippen LogP contribution is 2.35. The molecule has 1 atom stereocenters. The van der Waals surface area contributed by atoms with Crippen LogP contribution in [0.1, 0.15) is 45.4 Å². The van der Waals surface area contributed by atoms with Crippen LogP contribution in [0.2, 0.25) is 0 Å².